The lowest BCUT2D eigenvalue weighted by Crippen LogP contribution is -1.63. The molecule has 1 heteroatoms. The molecule has 0 N–H and O–H groups in total. The highest BCUT2D eigenvalue weighted by atomic mass is 16.1. The molecule has 0 spiro atoms. The van der Waals surface area contributed by atoms with E-state index in [2.05, 4.69) is 12.7 Å². The predicted octanol–water partition coefficient (Wildman–Crippen LogP) is 2.09. The summed E-state index contributed by atoms with van der Waals surface area (Å²) < 4.78 is 0. The number of hydrogen-bond donors (Lipinski definition) is 0. The van der Waals surface area contributed by atoms with Crippen LogP contribution >= 0.6 is 0 Å². The summed E-state index contributed by atoms with van der Waals surface area (Å²) in [5, 5.41) is 0. The minimum absolute atomic E-state index is 0.739. The maximum absolute atomic E-state index is 9.70. The molecular weight excluding hydrogens is 112 g/mol. The Balaban J connectivity index is 3.23. The van der Waals surface area contributed by atoms with Gasteiger partial charge in [0.25, 0.3) is 0 Å². The van der Waals surface area contributed by atoms with E-state index in [0.29, 0.717) is 0 Å². The van der Waals surface area contributed by atoms with Gasteiger partial charge in [0.15, 0.2) is 6.29 Å². The van der Waals surface area contributed by atoms with E-state index in [1.54, 1.807) is 0 Å². The molecule has 0 unspecified atom stereocenters. The fraction of sp³-hybridized carbons (Fsp3) is 0.500. The Labute approximate surface area is 56.1 Å². The van der Waals surface area contributed by atoms with E-state index in [1.807, 2.05) is 6.08 Å². The van der Waals surface area contributed by atoms with Crippen LogP contribution in [0.4, 0.5) is 0 Å². The maximum atomic E-state index is 9.70. The second-order valence-corrected chi connectivity index (χ2v) is 1.82. The number of carbonyl (C=O) groups is 1. The zero-order valence-corrected chi connectivity index (χ0v) is 5.76. The minimum atomic E-state index is 0.739. The van der Waals surface area contributed by atoms with E-state index in [4.69, 9.17) is 0 Å². The van der Waals surface area contributed by atoms with Crippen molar-refractivity contribution in [3.8, 4) is 0 Å². The SMILES string of the molecule is CCCCC=C=CC=O. The van der Waals surface area contributed by atoms with Gasteiger partial charge in [-0.25, -0.2) is 0 Å². The maximum Gasteiger partial charge on any atom is 0.150 e. The molecule has 0 rings (SSSR count). The first-order valence-corrected chi connectivity index (χ1v) is 3.26. The largest absolute Gasteiger partial charge is 0.298 e. The van der Waals surface area contributed by atoms with Gasteiger partial charge in [0, 0.05) is 6.08 Å². The minimum Gasteiger partial charge on any atom is -0.298 e. The van der Waals surface area contributed by atoms with Gasteiger partial charge in [-0.3, -0.25) is 4.79 Å². The van der Waals surface area contributed by atoms with E-state index < -0.39 is 0 Å². The van der Waals surface area contributed by atoms with Crippen molar-refractivity contribution in [2.24, 2.45) is 0 Å². The molecule has 0 saturated carbocycles. The van der Waals surface area contributed by atoms with Crippen molar-refractivity contribution in [3.63, 3.8) is 0 Å². The molecule has 0 aromatic rings. The van der Waals surface area contributed by atoms with Crippen LogP contribution < -0.4 is 0 Å². The molecule has 0 aromatic carbocycles. The summed E-state index contributed by atoms with van der Waals surface area (Å²) in [5.41, 5.74) is 2.75. The number of hydrogen-bond acceptors (Lipinski definition) is 1. The fourth-order valence-electron chi connectivity index (χ4n) is 0.497. The Kier molecular flexibility index (Phi) is 6.54. The monoisotopic (exact) mass is 124 g/mol. The summed E-state index contributed by atoms with van der Waals surface area (Å²) in [4.78, 5) is 9.70. The quantitative estimate of drug-likeness (QED) is 0.243. The number of carbonyl (C=O) groups excluding carboxylic acids is 1. The molecule has 0 aliphatic heterocycles. The molecule has 9 heavy (non-hydrogen) atoms. The van der Waals surface area contributed by atoms with Gasteiger partial charge in [-0.15, -0.1) is 5.73 Å². The average molecular weight is 124 g/mol. The van der Waals surface area contributed by atoms with Gasteiger partial charge in [0.1, 0.15) is 0 Å². The van der Waals surface area contributed by atoms with Crippen molar-refractivity contribution in [1.29, 1.82) is 0 Å². The second kappa shape index (κ2) is 7.19. The van der Waals surface area contributed by atoms with Gasteiger partial charge in [-0.05, 0) is 18.9 Å². The third kappa shape index (κ3) is 7.19. The molecule has 0 atom stereocenters. The van der Waals surface area contributed by atoms with Gasteiger partial charge >= 0.3 is 0 Å². The molecule has 1 nitrogen and oxygen atoms in total. The van der Waals surface area contributed by atoms with Gasteiger partial charge in [-0.1, -0.05) is 13.3 Å². The summed E-state index contributed by atoms with van der Waals surface area (Å²) in [6.45, 7) is 2.14. The highest BCUT2D eigenvalue weighted by molar-refractivity contribution is 5.64. The molecule has 50 valence electrons. The first-order valence-electron chi connectivity index (χ1n) is 3.26. The van der Waals surface area contributed by atoms with Gasteiger partial charge in [0.2, 0.25) is 0 Å². The molecule has 0 radical (unpaired) electrons. The normalized spacial score (nSPS) is 7.67. The molecule has 0 aliphatic carbocycles. The van der Waals surface area contributed by atoms with Crippen LogP contribution in [0.25, 0.3) is 0 Å². The van der Waals surface area contributed by atoms with E-state index in [0.717, 1.165) is 12.7 Å². The summed E-state index contributed by atoms with van der Waals surface area (Å²) in [5.74, 6) is 0. The van der Waals surface area contributed by atoms with Crippen molar-refractivity contribution < 1.29 is 4.79 Å². The molecule has 0 fully saturated rings. The van der Waals surface area contributed by atoms with Crippen LogP contribution in [0.1, 0.15) is 26.2 Å². The third-order valence-electron chi connectivity index (χ3n) is 0.984. The number of allylic oxidation sites excluding steroid dienone is 1. The Morgan fingerprint density at radius 1 is 1.56 bits per heavy atom. The van der Waals surface area contributed by atoms with Crippen LogP contribution in [0, 0.1) is 0 Å². The molecule has 0 aromatic heterocycles. The van der Waals surface area contributed by atoms with Crippen molar-refractivity contribution in [2.75, 3.05) is 0 Å². The summed E-state index contributed by atoms with van der Waals surface area (Å²) in [6, 6.07) is 0. The van der Waals surface area contributed by atoms with Gasteiger partial charge < -0.3 is 0 Å². The Bertz CT molecular complexity index is 119. The van der Waals surface area contributed by atoms with Crippen molar-refractivity contribution in [1.82, 2.24) is 0 Å². The lowest BCUT2D eigenvalue weighted by molar-refractivity contribution is -0.104. The topological polar surface area (TPSA) is 17.1 Å². The summed E-state index contributed by atoms with van der Waals surface area (Å²) >= 11 is 0. The van der Waals surface area contributed by atoms with Crippen molar-refractivity contribution >= 4 is 6.29 Å². The van der Waals surface area contributed by atoms with Crippen LogP contribution in [0.15, 0.2) is 17.9 Å². The van der Waals surface area contributed by atoms with Gasteiger partial charge in [0.05, 0.1) is 0 Å². The highest BCUT2D eigenvalue weighted by Gasteiger charge is 1.73. The lowest BCUT2D eigenvalue weighted by atomic mass is 10.2. The molecule has 0 heterocycles. The van der Waals surface area contributed by atoms with E-state index in [9.17, 15) is 4.79 Å². The Morgan fingerprint density at radius 3 is 2.89 bits per heavy atom. The third-order valence-corrected chi connectivity index (χ3v) is 0.984. The van der Waals surface area contributed by atoms with Crippen LogP contribution in [0.2, 0.25) is 0 Å². The van der Waals surface area contributed by atoms with Crippen LogP contribution in [0.5, 0.6) is 0 Å². The second-order valence-electron chi connectivity index (χ2n) is 1.82. The number of aldehydes is 1. The van der Waals surface area contributed by atoms with Crippen molar-refractivity contribution in [3.05, 3.63) is 17.9 Å². The van der Waals surface area contributed by atoms with E-state index in [1.165, 1.54) is 18.9 Å². The first-order chi connectivity index (χ1) is 4.41. The zero-order chi connectivity index (χ0) is 6.95. The van der Waals surface area contributed by atoms with Gasteiger partial charge in [-0.2, -0.15) is 0 Å². The summed E-state index contributed by atoms with van der Waals surface area (Å²) in [7, 11) is 0. The standard InChI is InChI=1S/C8H12O/c1-2-3-4-5-6-7-8-9/h5,7-8H,2-4H2,1H3. The Morgan fingerprint density at radius 2 is 2.33 bits per heavy atom. The number of rotatable bonds is 4. The highest BCUT2D eigenvalue weighted by Crippen LogP contribution is 1.92. The Hall–Kier alpha value is -0.810. The molecular formula is C8H12O. The smallest absolute Gasteiger partial charge is 0.150 e. The van der Waals surface area contributed by atoms with Crippen LogP contribution in [-0.2, 0) is 4.79 Å². The first kappa shape index (κ1) is 8.19. The lowest BCUT2D eigenvalue weighted by Gasteiger charge is -1.82. The predicted molar refractivity (Wildman–Crippen MR) is 38.2 cm³/mol. The molecule has 0 aliphatic rings. The molecule has 0 bridgehead atoms. The van der Waals surface area contributed by atoms with Crippen molar-refractivity contribution in [2.45, 2.75) is 26.2 Å². The van der Waals surface area contributed by atoms with Crippen LogP contribution in [-0.4, -0.2) is 6.29 Å². The fourth-order valence-corrected chi connectivity index (χ4v) is 0.497. The average Bonchev–Trinajstić information content (AvgIpc) is 1.89. The zero-order valence-electron chi connectivity index (χ0n) is 5.76. The number of unbranched alkanes of at least 4 members (excludes halogenated alkanes) is 2. The summed E-state index contributed by atoms with van der Waals surface area (Å²) in [6.07, 6.45) is 7.41. The molecule has 0 saturated heterocycles. The van der Waals surface area contributed by atoms with E-state index >= 15 is 0 Å². The van der Waals surface area contributed by atoms with Crippen LogP contribution in [0.3, 0.4) is 0 Å². The molecule has 0 amide bonds. The van der Waals surface area contributed by atoms with E-state index in [-0.39, 0.29) is 0 Å².